The van der Waals surface area contributed by atoms with Crippen molar-refractivity contribution in [2.24, 2.45) is 5.92 Å². The van der Waals surface area contributed by atoms with Gasteiger partial charge < -0.3 is 14.4 Å². The minimum Gasteiger partial charge on any atom is -0.484 e. The fraction of sp³-hybridized carbons (Fsp3) is 0.333. The molecule has 0 aliphatic heterocycles. The standard InChI is InChI=1S/C18H21NO4/c1-13(18(21)22-3)11-19(2)17(20)12-23-16-9-8-14-6-4-5-7-15(14)10-16/h4-10,13H,11-12H2,1-3H3. The molecule has 5 nitrogen and oxygen atoms in total. The maximum Gasteiger partial charge on any atom is 0.310 e. The van der Waals surface area contributed by atoms with Crippen LogP contribution in [0.2, 0.25) is 0 Å². The Morgan fingerprint density at radius 1 is 1.13 bits per heavy atom. The molecule has 5 heteroatoms. The number of amides is 1. The first-order valence-corrected chi connectivity index (χ1v) is 7.44. The third kappa shape index (κ3) is 4.45. The lowest BCUT2D eigenvalue weighted by Crippen LogP contribution is -2.37. The molecule has 1 unspecified atom stereocenters. The molecule has 0 heterocycles. The third-order valence-electron chi connectivity index (χ3n) is 3.66. The van der Waals surface area contributed by atoms with E-state index in [9.17, 15) is 9.59 Å². The van der Waals surface area contributed by atoms with Crippen LogP contribution in [0.3, 0.4) is 0 Å². The summed E-state index contributed by atoms with van der Waals surface area (Å²) in [6.45, 7) is 1.95. The van der Waals surface area contributed by atoms with E-state index in [1.54, 1.807) is 14.0 Å². The molecule has 0 spiro atoms. The van der Waals surface area contributed by atoms with Gasteiger partial charge in [0, 0.05) is 13.6 Å². The van der Waals surface area contributed by atoms with Crippen LogP contribution in [-0.4, -0.2) is 44.1 Å². The Balaban J connectivity index is 1.91. The molecule has 0 saturated carbocycles. The number of methoxy groups -OCH3 is 1. The van der Waals surface area contributed by atoms with Crippen LogP contribution in [0.5, 0.6) is 5.75 Å². The lowest BCUT2D eigenvalue weighted by atomic mass is 10.1. The summed E-state index contributed by atoms with van der Waals surface area (Å²) in [4.78, 5) is 24.9. The first-order chi connectivity index (χ1) is 11.0. The quantitative estimate of drug-likeness (QED) is 0.769. The fourth-order valence-corrected chi connectivity index (χ4v) is 2.30. The zero-order valence-electron chi connectivity index (χ0n) is 13.6. The number of hydrogen-bond acceptors (Lipinski definition) is 4. The zero-order chi connectivity index (χ0) is 16.8. The Kier molecular flexibility index (Phi) is 5.57. The number of benzene rings is 2. The van der Waals surface area contributed by atoms with Gasteiger partial charge in [-0.25, -0.2) is 0 Å². The Morgan fingerprint density at radius 3 is 2.52 bits per heavy atom. The van der Waals surface area contributed by atoms with E-state index < -0.39 is 0 Å². The number of ether oxygens (including phenoxy) is 2. The summed E-state index contributed by atoms with van der Waals surface area (Å²) in [6.07, 6.45) is 0. The largest absolute Gasteiger partial charge is 0.484 e. The molecule has 1 atom stereocenters. The van der Waals surface area contributed by atoms with Crippen molar-refractivity contribution in [2.75, 3.05) is 27.3 Å². The normalized spacial score (nSPS) is 11.8. The summed E-state index contributed by atoms with van der Waals surface area (Å²) >= 11 is 0. The van der Waals surface area contributed by atoms with Gasteiger partial charge in [-0.2, -0.15) is 0 Å². The average Bonchev–Trinajstić information content (AvgIpc) is 2.58. The van der Waals surface area contributed by atoms with E-state index in [1.165, 1.54) is 12.0 Å². The van der Waals surface area contributed by atoms with Gasteiger partial charge >= 0.3 is 5.97 Å². The lowest BCUT2D eigenvalue weighted by molar-refractivity contribution is -0.146. The molecule has 0 saturated heterocycles. The Hall–Kier alpha value is -2.56. The second-order valence-electron chi connectivity index (χ2n) is 5.50. The number of likely N-dealkylation sites (N-methyl/N-ethyl adjacent to an activating group) is 1. The number of esters is 1. The molecule has 23 heavy (non-hydrogen) atoms. The van der Waals surface area contributed by atoms with Gasteiger partial charge in [-0.1, -0.05) is 37.3 Å². The molecule has 1 amide bonds. The van der Waals surface area contributed by atoms with Gasteiger partial charge in [-0.05, 0) is 22.9 Å². The van der Waals surface area contributed by atoms with E-state index in [2.05, 4.69) is 4.74 Å². The summed E-state index contributed by atoms with van der Waals surface area (Å²) in [5.41, 5.74) is 0. The molecular weight excluding hydrogens is 294 g/mol. The van der Waals surface area contributed by atoms with E-state index >= 15 is 0 Å². The molecule has 0 radical (unpaired) electrons. The van der Waals surface area contributed by atoms with Crippen molar-refractivity contribution in [1.29, 1.82) is 0 Å². The van der Waals surface area contributed by atoms with Gasteiger partial charge in [-0.3, -0.25) is 9.59 Å². The van der Waals surface area contributed by atoms with Crippen LogP contribution in [0.25, 0.3) is 10.8 Å². The smallest absolute Gasteiger partial charge is 0.310 e. The van der Waals surface area contributed by atoms with Crippen molar-refractivity contribution in [3.8, 4) is 5.75 Å². The van der Waals surface area contributed by atoms with Crippen molar-refractivity contribution >= 4 is 22.6 Å². The fourth-order valence-electron chi connectivity index (χ4n) is 2.30. The molecule has 2 aromatic carbocycles. The molecule has 2 rings (SSSR count). The molecule has 0 aliphatic rings. The van der Waals surface area contributed by atoms with Crippen LogP contribution in [0.4, 0.5) is 0 Å². The first-order valence-electron chi connectivity index (χ1n) is 7.44. The number of carbonyl (C=O) groups is 2. The van der Waals surface area contributed by atoms with Crippen LogP contribution < -0.4 is 4.74 Å². The monoisotopic (exact) mass is 315 g/mol. The molecule has 0 bridgehead atoms. The van der Waals surface area contributed by atoms with Crippen molar-refractivity contribution in [3.05, 3.63) is 42.5 Å². The Labute approximate surface area is 135 Å². The number of carbonyl (C=O) groups excluding carboxylic acids is 2. The van der Waals surface area contributed by atoms with Gasteiger partial charge in [0.25, 0.3) is 5.91 Å². The van der Waals surface area contributed by atoms with Crippen LogP contribution in [-0.2, 0) is 14.3 Å². The second-order valence-corrected chi connectivity index (χ2v) is 5.50. The highest BCUT2D eigenvalue weighted by Crippen LogP contribution is 2.20. The van der Waals surface area contributed by atoms with Crippen molar-refractivity contribution in [3.63, 3.8) is 0 Å². The predicted octanol–water partition coefficient (Wildman–Crippen LogP) is 2.49. The number of hydrogen-bond donors (Lipinski definition) is 0. The predicted molar refractivity (Wildman–Crippen MR) is 88.3 cm³/mol. The van der Waals surface area contributed by atoms with E-state index in [-0.39, 0.29) is 24.4 Å². The van der Waals surface area contributed by atoms with Crippen LogP contribution in [0, 0.1) is 5.92 Å². The number of rotatable bonds is 6. The Morgan fingerprint density at radius 2 is 1.83 bits per heavy atom. The highest BCUT2D eigenvalue weighted by Gasteiger charge is 2.18. The summed E-state index contributed by atoms with van der Waals surface area (Å²) < 4.78 is 10.2. The Bertz CT molecular complexity index is 698. The molecule has 0 aliphatic carbocycles. The summed E-state index contributed by atoms with van der Waals surface area (Å²) in [5, 5.41) is 2.18. The zero-order valence-corrected chi connectivity index (χ0v) is 13.6. The van der Waals surface area contributed by atoms with E-state index in [1.807, 2.05) is 42.5 Å². The van der Waals surface area contributed by atoms with Crippen LogP contribution in [0.15, 0.2) is 42.5 Å². The minimum atomic E-state index is -0.366. The van der Waals surface area contributed by atoms with Crippen LogP contribution in [0.1, 0.15) is 6.92 Å². The van der Waals surface area contributed by atoms with Crippen LogP contribution >= 0.6 is 0 Å². The summed E-state index contributed by atoms with van der Waals surface area (Å²) in [6, 6.07) is 13.6. The van der Waals surface area contributed by atoms with E-state index in [0.29, 0.717) is 12.3 Å². The molecule has 122 valence electrons. The van der Waals surface area contributed by atoms with Gasteiger partial charge in [0.1, 0.15) is 5.75 Å². The maximum atomic E-state index is 12.1. The van der Waals surface area contributed by atoms with Gasteiger partial charge in [0.15, 0.2) is 6.61 Å². The van der Waals surface area contributed by atoms with Gasteiger partial charge in [-0.15, -0.1) is 0 Å². The first kappa shape index (κ1) is 16.8. The lowest BCUT2D eigenvalue weighted by Gasteiger charge is -2.20. The SMILES string of the molecule is COC(=O)C(C)CN(C)C(=O)COc1ccc2ccccc2c1. The van der Waals surface area contributed by atoms with Crippen molar-refractivity contribution < 1.29 is 19.1 Å². The maximum absolute atomic E-state index is 12.1. The van der Waals surface area contributed by atoms with Gasteiger partial charge in [0.05, 0.1) is 13.0 Å². The third-order valence-corrected chi connectivity index (χ3v) is 3.66. The van der Waals surface area contributed by atoms with Crippen molar-refractivity contribution in [1.82, 2.24) is 4.90 Å². The molecular formula is C18H21NO4. The minimum absolute atomic E-state index is 0.0667. The molecule has 0 fully saturated rings. The molecule has 0 N–H and O–H groups in total. The highest BCUT2D eigenvalue weighted by molar-refractivity contribution is 5.84. The highest BCUT2D eigenvalue weighted by atomic mass is 16.5. The summed E-state index contributed by atoms with van der Waals surface area (Å²) in [5.74, 6) is -0.241. The van der Waals surface area contributed by atoms with E-state index in [4.69, 9.17) is 4.74 Å². The molecule has 2 aromatic rings. The summed E-state index contributed by atoms with van der Waals surface area (Å²) in [7, 11) is 2.98. The number of nitrogens with zero attached hydrogens (tertiary/aromatic N) is 1. The topological polar surface area (TPSA) is 55.8 Å². The second kappa shape index (κ2) is 7.63. The average molecular weight is 315 g/mol. The molecule has 0 aromatic heterocycles. The van der Waals surface area contributed by atoms with Gasteiger partial charge in [0.2, 0.25) is 0 Å². The number of fused-ring (bicyclic) bond motifs is 1. The van der Waals surface area contributed by atoms with E-state index in [0.717, 1.165) is 10.8 Å². The van der Waals surface area contributed by atoms with Crippen molar-refractivity contribution in [2.45, 2.75) is 6.92 Å².